The minimum Gasteiger partial charge on any atom is -0.346 e. The molecule has 2 aromatic rings. The first-order valence-electron chi connectivity index (χ1n) is 8.48. The summed E-state index contributed by atoms with van der Waals surface area (Å²) < 4.78 is 1.80. The molecule has 1 saturated heterocycles. The summed E-state index contributed by atoms with van der Waals surface area (Å²) >= 11 is 6.25. The Morgan fingerprint density at radius 1 is 1.36 bits per heavy atom. The van der Waals surface area contributed by atoms with Crippen molar-refractivity contribution in [3.05, 3.63) is 35.0 Å². The predicted octanol–water partition coefficient (Wildman–Crippen LogP) is 3.21. The van der Waals surface area contributed by atoms with Crippen LogP contribution < -0.4 is 5.32 Å². The van der Waals surface area contributed by atoms with E-state index in [1.54, 1.807) is 4.57 Å². The smallest absolute Gasteiger partial charge is 0.268 e. The molecule has 0 aliphatic carbocycles. The lowest BCUT2D eigenvalue weighted by molar-refractivity contribution is -0.128. The number of nitrogens with zero attached hydrogens (tertiary/aromatic N) is 2. The number of amides is 2. The van der Waals surface area contributed by atoms with Gasteiger partial charge in [-0.15, -0.1) is 0 Å². The number of hydrogen-bond acceptors (Lipinski definition) is 2. The maximum atomic E-state index is 12.7. The number of aryl methyl sites for hydroxylation is 1. The summed E-state index contributed by atoms with van der Waals surface area (Å²) in [6.07, 6.45) is 0.354. The number of nitrogens with one attached hydrogen (secondary N) is 1. The van der Waals surface area contributed by atoms with E-state index in [-0.39, 0.29) is 23.3 Å². The molecule has 1 N–H and O–H groups in total. The van der Waals surface area contributed by atoms with Gasteiger partial charge in [0.25, 0.3) is 5.91 Å². The molecule has 25 heavy (non-hydrogen) atoms. The Morgan fingerprint density at radius 2 is 2.08 bits per heavy atom. The van der Waals surface area contributed by atoms with Crippen molar-refractivity contribution in [2.75, 3.05) is 13.1 Å². The first kappa shape index (κ1) is 17.8. The van der Waals surface area contributed by atoms with Crippen molar-refractivity contribution in [2.24, 2.45) is 12.5 Å². The molecule has 0 spiro atoms. The summed E-state index contributed by atoms with van der Waals surface area (Å²) in [5.74, 6) is -0.0783. The Labute approximate surface area is 152 Å². The van der Waals surface area contributed by atoms with Crippen molar-refractivity contribution >= 4 is 34.3 Å². The highest BCUT2D eigenvalue weighted by atomic mass is 35.5. The number of rotatable bonds is 3. The topological polar surface area (TPSA) is 54.3 Å². The molecule has 6 heteroatoms. The van der Waals surface area contributed by atoms with Crippen LogP contribution in [0.4, 0.5) is 0 Å². The lowest BCUT2D eigenvalue weighted by Crippen LogP contribution is -2.39. The Balaban J connectivity index is 1.74. The van der Waals surface area contributed by atoms with Crippen LogP contribution in [0.25, 0.3) is 10.9 Å². The number of hydrogen-bond donors (Lipinski definition) is 1. The van der Waals surface area contributed by atoms with Crippen LogP contribution in [0.5, 0.6) is 0 Å². The van der Waals surface area contributed by atoms with Crippen molar-refractivity contribution in [3.8, 4) is 0 Å². The summed E-state index contributed by atoms with van der Waals surface area (Å²) in [7, 11) is 1.83. The van der Waals surface area contributed by atoms with Gasteiger partial charge in [-0.1, -0.05) is 44.5 Å². The third-order valence-electron chi connectivity index (χ3n) is 4.45. The van der Waals surface area contributed by atoms with Crippen LogP contribution in [0.15, 0.2) is 24.3 Å². The number of benzene rings is 1. The molecule has 5 nitrogen and oxygen atoms in total. The lowest BCUT2D eigenvalue weighted by atomic mass is 9.96. The van der Waals surface area contributed by atoms with Crippen molar-refractivity contribution in [1.82, 2.24) is 14.8 Å². The van der Waals surface area contributed by atoms with Gasteiger partial charge in [0.1, 0.15) is 5.69 Å². The Hall–Kier alpha value is -2.01. The monoisotopic (exact) mass is 361 g/mol. The number of halogens is 1. The van der Waals surface area contributed by atoms with Crippen LogP contribution in [0.3, 0.4) is 0 Å². The summed E-state index contributed by atoms with van der Waals surface area (Å²) in [5.41, 5.74) is 1.43. The number of aromatic nitrogens is 1. The van der Waals surface area contributed by atoms with Gasteiger partial charge in [0.2, 0.25) is 5.91 Å². The molecule has 1 aromatic carbocycles. The van der Waals surface area contributed by atoms with E-state index < -0.39 is 0 Å². The second-order valence-electron chi connectivity index (χ2n) is 7.98. The first-order chi connectivity index (χ1) is 11.7. The van der Waals surface area contributed by atoms with Crippen LogP contribution in [0, 0.1) is 5.41 Å². The molecule has 3 rings (SSSR count). The molecule has 0 radical (unpaired) electrons. The number of carbonyl (C=O) groups excluding carboxylic acids is 2. The van der Waals surface area contributed by atoms with Gasteiger partial charge in [-0.3, -0.25) is 9.59 Å². The molecule has 2 heterocycles. The second kappa shape index (κ2) is 6.37. The average Bonchev–Trinajstić information content (AvgIpc) is 2.99. The fraction of sp³-hybridized carbons (Fsp3) is 0.474. The molecule has 1 atom stereocenters. The highest BCUT2D eigenvalue weighted by Gasteiger charge is 2.33. The minimum atomic E-state index is -0.176. The molecule has 2 amide bonds. The average molecular weight is 362 g/mol. The van der Waals surface area contributed by atoms with Gasteiger partial charge in [-0.2, -0.15) is 0 Å². The second-order valence-corrected chi connectivity index (χ2v) is 8.38. The van der Waals surface area contributed by atoms with Crippen LogP contribution in [-0.4, -0.2) is 40.4 Å². The molecule has 1 aliphatic rings. The van der Waals surface area contributed by atoms with E-state index in [0.717, 1.165) is 10.9 Å². The molecule has 0 bridgehead atoms. The normalized spacial score (nSPS) is 18.2. The molecule has 134 valence electrons. The van der Waals surface area contributed by atoms with Crippen LogP contribution in [0.1, 0.15) is 37.7 Å². The van der Waals surface area contributed by atoms with Gasteiger partial charge in [0.05, 0.1) is 16.6 Å². The van der Waals surface area contributed by atoms with E-state index in [4.69, 9.17) is 11.6 Å². The maximum Gasteiger partial charge on any atom is 0.268 e. The maximum absolute atomic E-state index is 12.7. The molecule has 1 unspecified atom stereocenters. The van der Waals surface area contributed by atoms with Gasteiger partial charge >= 0.3 is 0 Å². The third-order valence-corrected chi connectivity index (χ3v) is 4.76. The lowest BCUT2D eigenvalue weighted by Gasteiger charge is -2.26. The van der Waals surface area contributed by atoms with E-state index in [0.29, 0.717) is 30.2 Å². The van der Waals surface area contributed by atoms with Crippen LogP contribution in [-0.2, 0) is 11.8 Å². The number of likely N-dealkylation sites (tertiary alicyclic amines) is 1. The standard InChI is InChI=1S/C19H24ClN3O2/c1-19(2,3)11-23-10-13(9-16(23)24)21-18(25)15-8-12-6-5-7-14(20)17(12)22(15)4/h5-8,13H,9-11H2,1-4H3,(H,21,25). The summed E-state index contributed by atoms with van der Waals surface area (Å²) in [5, 5.41) is 4.54. The Morgan fingerprint density at radius 3 is 2.72 bits per heavy atom. The zero-order valence-electron chi connectivity index (χ0n) is 15.1. The fourth-order valence-corrected chi connectivity index (χ4v) is 3.75. The van der Waals surface area contributed by atoms with E-state index in [1.807, 2.05) is 36.2 Å². The number of carbonyl (C=O) groups is 2. The summed E-state index contributed by atoms with van der Waals surface area (Å²) in [6, 6.07) is 7.29. The zero-order chi connectivity index (χ0) is 18.4. The van der Waals surface area contributed by atoms with Gasteiger partial charge in [0.15, 0.2) is 0 Å². The van der Waals surface area contributed by atoms with E-state index in [1.165, 1.54) is 0 Å². The van der Waals surface area contributed by atoms with Crippen LogP contribution in [0.2, 0.25) is 5.02 Å². The van der Waals surface area contributed by atoms with E-state index >= 15 is 0 Å². The summed E-state index contributed by atoms with van der Waals surface area (Å²) in [6.45, 7) is 7.57. The van der Waals surface area contributed by atoms with Crippen molar-refractivity contribution in [3.63, 3.8) is 0 Å². The van der Waals surface area contributed by atoms with Gasteiger partial charge in [-0.25, -0.2) is 0 Å². The number of fused-ring (bicyclic) bond motifs is 1. The Bertz CT molecular complexity index is 835. The van der Waals surface area contributed by atoms with E-state index in [2.05, 4.69) is 26.1 Å². The van der Waals surface area contributed by atoms with Crippen molar-refractivity contribution in [2.45, 2.75) is 33.2 Å². The largest absolute Gasteiger partial charge is 0.346 e. The zero-order valence-corrected chi connectivity index (χ0v) is 15.9. The SMILES string of the molecule is Cn1c(C(=O)NC2CC(=O)N(CC(C)(C)C)C2)cc2cccc(Cl)c21. The highest BCUT2D eigenvalue weighted by molar-refractivity contribution is 6.35. The van der Waals surface area contributed by atoms with E-state index in [9.17, 15) is 9.59 Å². The van der Waals surface area contributed by atoms with Gasteiger partial charge in [-0.05, 0) is 17.5 Å². The van der Waals surface area contributed by atoms with Crippen molar-refractivity contribution in [1.29, 1.82) is 0 Å². The number of para-hydroxylation sites is 1. The fourth-order valence-electron chi connectivity index (χ4n) is 3.44. The molecular weight excluding hydrogens is 338 g/mol. The predicted molar refractivity (Wildman–Crippen MR) is 99.8 cm³/mol. The first-order valence-corrected chi connectivity index (χ1v) is 8.86. The minimum absolute atomic E-state index is 0.0428. The molecule has 0 saturated carbocycles. The van der Waals surface area contributed by atoms with Gasteiger partial charge < -0.3 is 14.8 Å². The molecular formula is C19H24ClN3O2. The highest BCUT2D eigenvalue weighted by Crippen LogP contribution is 2.26. The third kappa shape index (κ3) is 3.66. The quantitative estimate of drug-likeness (QED) is 0.912. The molecule has 1 aliphatic heterocycles. The van der Waals surface area contributed by atoms with Gasteiger partial charge in [0, 0.05) is 31.9 Å². The molecule has 1 aromatic heterocycles. The van der Waals surface area contributed by atoms with Crippen molar-refractivity contribution < 1.29 is 9.59 Å². The van der Waals surface area contributed by atoms with Crippen LogP contribution >= 0.6 is 11.6 Å². The summed E-state index contributed by atoms with van der Waals surface area (Å²) in [4.78, 5) is 26.7. The Kier molecular flexibility index (Phi) is 4.54. The molecule has 1 fully saturated rings.